The summed E-state index contributed by atoms with van der Waals surface area (Å²) in [6.07, 6.45) is 3.25. The Bertz CT molecular complexity index is 576. The predicted octanol–water partition coefficient (Wildman–Crippen LogP) is 2.44. The third-order valence-electron chi connectivity index (χ3n) is 4.53. The minimum atomic E-state index is -0.793. The molecule has 1 saturated heterocycles. The summed E-state index contributed by atoms with van der Waals surface area (Å²) in [6.45, 7) is 4.06. The average Bonchev–Trinajstić information content (AvgIpc) is 2.54. The molecule has 0 aromatic heterocycles. The molecule has 2 rings (SSSR count). The zero-order valence-electron chi connectivity index (χ0n) is 14.5. The number of hydrogen-bond donors (Lipinski definition) is 2. The van der Waals surface area contributed by atoms with E-state index in [9.17, 15) is 9.59 Å². The van der Waals surface area contributed by atoms with Crippen molar-refractivity contribution in [2.24, 2.45) is 11.7 Å². The number of likely N-dealkylation sites (tertiary alicyclic amines) is 1. The SMILES string of the molecule is COc1ccccc1[C@@H]1CC[C@@H](C)CN1CCCC(=O)NC(N)=O. The molecule has 0 unspecified atom stereocenters. The molecule has 1 aliphatic heterocycles. The van der Waals surface area contributed by atoms with Gasteiger partial charge in [0, 0.05) is 24.6 Å². The summed E-state index contributed by atoms with van der Waals surface area (Å²) in [6, 6.07) is 7.63. The quantitative estimate of drug-likeness (QED) is 0.837. The Morgan fingerprint density at radius 1 is 1.33 bits per heavy atom. The first-order chi connectivity index (χ1) is 11.5. The van der Waals surface area contributed by atoms with E-state index in [0.717, 1.165) is 25.3 Å². The van der Waals surface area contributed by atoms with Crippen LogP contribution in [0.3, 0.4) is 0 Å². The molecule has 1 aromatic carbocycles. The van der Waals surface area contributed by atoms with Gasteiger partial charge in [-0.1, -0.05) is 25.1 Å². The Labute approximate surface area is 143 Å². The third kappa shape index (κ3) is 4.96. The third-order valence-corrected chi connectivity index (χ3v) is 4.53. The lowest BCUT2D eigenvalue weighted by Crippen LogP contribution is -2.39. The second-order valence-corrected chi connectivity index (χ2v) is 6.45. The Kier molecular flexibility index (Phi) is 6.61. The van der Waals surface area contributed by atoms with Gasteiger partial charge < -0.3 is 10.5 Å². The standard InChI is InChI=1S/C18H27N3O3/c1-13-9-10-15(14-6-3-4-7-16(14)24-2)21(12-13)11-5-8-17(22)20-18(19)23/h3-4,6-7,13,15H,5,8-12H2,1-2H3,(H3,19,20,22,23)/t13-,15+/m1/s1. The minimum Gasteiger partial charge on any atom is -0.496 e. The molecular formula is C18H27N3O3. The summed E-state index contributed by atoms with van der Waals surface area (Å²) in [5.74, 6) is 1.23. The maximum atomic E-state index is 11.6. The van der Waals surface area contributed by atoms with Crippen LogP contribution in [0.1, 0.15) is 44.2 Å². The molecule has 6 nitrogen and oxygen atoms in total. The number of benzene rings is 1. The molecule has 3 amide bonds. The van der Waals surface area contributed by atoms with Crippen LogP contribution in [-0.2, 0) is 4.79 Å². The highest BCUT2D eigenvalue weighted by Gasteiger charge is 2.28. The molecule has 2 atom stereocenters. The Morgan fingerprint density at radius 3 is 2.79 bits per heavy atom. The number of nitrogens with two attached hydrogens (primary N) is 1. The van der Waals surface area contributed by atoms with Gasteiger partial charge in [0.25, 0.3) is 0 Å². The number of rotatable bonds is 6. The minimum absolute atomic E-state index is 0.298. The number of hydrogen-bond acceptors (Lipinski definition) is 4. The zero-order valence-corrected chi connectivity index (χ0v) is 14.5. The number of primary amides is 1. The Morgan fingerprint density at radius 2 is 2.08 bits per heavy atom. The van der Waals surface area contributed by atoms with Gasteiger partial charge in [-0.25, -0.2) is 4.79 Å². The van der Waals surface area contributed by atoms with E-state index in [1.807, 2.05) is 18.2 Å². The van der Waals surface area contributed by atoms with Crippen molar-refractivity contribution >= 4 is 11.9 Å². The second kappa shape index (κ2) is 8.68. The molecule has 3 N–H and O–H groups in total. The molecule has 0 bridgehead atoms. The van der Waals surface area contributed by atoms with Crippen LogP contribution in [0.15, 0.2) is 24.3 Å². The number of carbonyl (C=O) groups is 2. The van der Waals surface area contributed by atoms with Gasteiger partial charge in [-0.2, -0.15) is 0 Å². The summed E-state index contributed by atoms with van der Waals surface area (Å²) in [5.41, 5.74) is 6.16. The van der Waals surface area contributed by atoms with Crippen LogP contribution in [0.5, 0.6) is 5.75 Å². The number of methoxy groups -OCH3 is 1. The fourth-order valence-electron chi connectivity index (χ4n) is 3.43. The van der Waals surface area contributed by atoms with Gasteiger partial charge in [0.15, 0.2) is 0 Å². The largest absolute Gasteiger partial charge is 0.496 e. The maximum absolute atomic E-state index is 11.6. The van der Waals surface area contributed by atoms with Gasteiger partial charge in [0.2, 0.25) is 5.91 Å². The Hall–Kier alpha value is -2.08. The fourth-order valence-corrected chi connectivity index (χ4v) is 3.43. The van der Waals surface area contributed by atoms with Crippen molar-refractivity contribution < 1.29 is 14.3 Å². The maximum Gasteiger partial charge on any atom is 0.318 e. The number of urea groups is 1. The number of ether oxygens (including phenoxy) is 1. The van der Waals surface area contributed by atoms with E-state index in [-0.39, 0.29) is 5.91 Å². The molecule has 1 fully saturated rings. The van der Waals surface area contributed by atoms with Crippen molar-refractivity contribution in [3.63, 3.8) is 0 Å². The first-order valence-electron chi connectivity index (χ1n) is 8.47. The summed E-state index contributed by atoms with van der Waals surface area (Å²) >= 11 is 0. The lowest BCUT2D eigenvalue weighted by molar-refractivity contribution is -0.120. The van der Waals surface area contributed by atoms with E-state index in [1.54, 1.807) is 7.11 Å². The van der Waals surface area contributed by atoms with Crippen LogP contribution in [0.2, 0.25) is 0 Å². The first-order valence-corrected chi connectivity index (χ1v) is 8.47. The number of nitrogens with zero attached hydrogens (tertiary/aromatic N) is 1. The number of amides is 3. The number of nitrogens with one attached hydrogen (secondary N) is 1. The van der Waals surface area contributed by atoms with Crippen molar-refractivity contribution in [2.45, 2.75) is 38.6 Å². The van der Waals surface area contributed by atoms with Crippen LogP contribution < -0.4 is 15.8 Å². The number of carbonyl (C=O) groups excluding carboxylic acids is 2. The summed E-state index contributed by atoms with van der Waals surface area (Å²) in [4.78, 5) is 24.7. The number of imide groups is 1. The highest BCUT2D eigenvalue weighted by Crippen LogP contribution is 2.37. The van der Waals surface area contributed by atoms with Crippen molar-refractivity contribution in [3.05, 3.63) is 29.8 Å². The first kappa shape index (κ1) is 18.3. The van der Waals surface area contributed by atoms with Crippen molar-refractivity contribution in [3.8, 4) is 5.75 Å². The monoisotopic (exact) mass is 333 g/mol. The lowest BCUT2D eigenvalue weighted by Gasteiger charge is -2.39. The van der Waals surface area contributed by atoms with Crippen LogP contribution in [0, 0.1) is 5.92 Å². The van der Waals surface area contributed by atoms with Crippen LogP contribution in [-0.4, -0.2) is 37.0 Å². The molecule has 0 saturated carbocycles. The van der Waals surface area contributed by atoms with E-state index in [0.29, 0.717) is 24.8 Å². The van der Waals surface area contributed by atoms with Crippen molar-refractivity contribution in [2.75, 3.05) is 20.2 Å². The molecule has 1 heterocycles. The molecule has 1 aliphatic rings. The van der Waals surface area contributed by atoms with Crippen molar-refractivity contribution in [1.29, 1.82) is 0 Å². The molecule has 0 aliphatic carbocycles. The summed E-state index contributed by atoms with van der Waals surface area (Å²) in [5, 5.41) is 2.11. The highest BCUT2D eigenvalue weighted by molar-refractivity contribution is 5.93. The molecule has 132 valence electrons. The van der Waals surface area contributed by atoms with E-state index >= 15 is 0 Å². The van der Waals surface area contributed by atoms with Gasteiger partial charge >= 0.3 is 6.03 Å². The highest BCUT2D eigenvalue weighted by atomic mass is 16.5. The van der Waals surface area contributed by atoms with E-state index in [1.165, 1.54) is 12.0 Å². The number of piperidine rings is 1. The van der Waals surface area contributed by atoms with E-state index in [2.05, 4.69) is 23.2 Å². The predicted molar refractivity (Wildman–Crippen MR) is 92.7 cm³/mol. The van der Waals surface area contributed by atoms with E-state index < -0.39 is 6.03 Å². The molecule has 0 spiro atoms. The van der Waals surface area contributed by atoms with Gasteiger partial charge in [-0.05, 0) is 37.8 Å². The van der Waals surface area contributed by atoms with Gasteiger partial charge in [0.1, 0.15) is 5.75 Å². The van der Waals surface area contributed by atoms with Crippen molar-refractivity contribution in [1.82, 2.24) is 10.2 Å². The average molecular weight is 333 g/mol. The molecule has 24 heavy (non-hydrogen) atoms. The molecule has 1 aromatic rings. The van der Waals surface area contributed by atoms with Crippen LogP contribution in [0.4, 0.5) is 4.79 Å². The Balaban J connectivity index is 2.01. The fraction of sp³-hybridized carbons (Fsp3) is 0.556. The zero-order chi connectivity index (χ0) is 17.5. The second-order valence-electron chi connectivity index (χ2n) is 6.45. The summed E-state index contributed by atoms with van der Waals surface area (Å²) in [7, 11) is 1.70. The smallest absolute Gasteiger partial charge is 0.318 e. The number of para-hydroxylation sites is 1. The summed E-state index contributed by atoms with van der Waals surface area (Å²) < 4.78 is 5.52. The van der Waals surface area contributed by atoms with Gasteiger partial charge in [-0.3, -0.25) is 15.0 Å². The lowest BCUT2D eigenvalue weighted by atomic mass is 9.89. The van der Waals surface area contributed by atoms with Gasteiger partial charge in [-0.15, -0.1) is 0 Å². The molecule has 0 radical (unpaired) electrons. The molecule has 6 heteroatoms. The van der Waals surface area contributed by atoms with E-state index in [4.69, 9.17) is 10.5 Å². The van der Waals surface area contributed by atoms with Crippen LogP contribution >= 0.6 is 0 Å². The molecular weight excluding hydrogens is 306 g/mol. The normalized spacial score (nSPS) is 21.2. The van der Waals surface area contributed by atoms with Crippen LogP contribution in [0.25, 0.3) is 0 Å². The van der Waals surface area contributed by atoms with Gasteiger partial charge in [0.05, 0.1) is 7.11 Å². The topological polar surface area (TPSA) is 84.7 Å².